The van der Waals surface area contributed by atoms with Crippen molar-refractivity contribution in [3.8, 4) is 0 Å². The lowest BCUT2D eigenvalue weighted by Gasteiger charge is -2.28. The average molecular weight is 290 g/mol. The molecule has 1 aromatic rings. The molecule has 0 aliphatic carbocycles. The maximum atomic E-state index is 12.0. The number of anilines is 2. The zero-order valence-electron chi connectivity index (χ0n) is 10.8. The van der Waals surface area contributed by atoms with Crippen molar-refractivity contribution in [2.75, 3.05) is 44.5 Å². The summed E-state index contributed by atoms with van der Waals surface area (Å²) in [6, 6.07) is 0. The zero-order valence-corrected chi connectivity index (χ0v) is 11.6. The van der Waals surface area contributed by atoms with Crippen LogP contribution in [0.1, 0.15) is 9.67 Å². The van der Waals surface area contributed by atoms with Crippen LogP contribution in [0.25, 0.3) is 0 Å². The summed E-state index contributed by atoms with van der Waals surface area (Å²) < 4.78 is 0. The number of nitrogens with one attached hydrogen (secondary N) is 1. The van der Waals surface area contributed by atoms with Crippen LogP contribution in [0.15, 0.2) is 0 Å². The van der Waals surface area contributed by atoms with Crippen molar-refractivity contribution in [2.24, 2.45) is 0 Å². The topological polar surface area (TPSA) is 132 Å². The lowest BCUT2D eigenvalue weighted by atomic mass is 10.0. The molecular formula is C10H18N4O4S. The maximum Gasteiger partial charge on any atom is 0.265 e. The first-order valence-corrected chi connectivity index (χ1v) is 6.29. The molecule has 8 nitrogen and oxygen atoms in total. The fourth-order valence-electron chi connectivity index (χ4n) is 1.24. The second-order valence-electron chi connectivity index (χ2n) is 4.31. The highest BCUT2D eigenvalue weighted by Gasteiger charge is 2.32. The van der Waals surface area contributed by atoms with Gasteiger partial charge < -0.3 is 31.3 Å². The van der Waals surface area contributed by atoms with Gasteiger partial charge in [0.15, 0.2) is 5.13 Å². The lowest BCUT2D eigenvalue weighted by molar-refractivity contribution is 0.0377. The van der Waals surface area contributed by atoms with Crippen LogP contribution in [0.2, 0.25) is 0 Å². The minimum Gasteiger partial charge on any atom is -0.394 e. The van der Waals surface area contributed by atoms with Crippen molar-refractivity contribution < 1.29 is 20.1 Å². The van der Waals surface area contributed by atoms with E-state index in [0.717, 1.165) is 11.3 Å². The Hall–Kier alpha value is -1.42. The highest BCUT2D eigenvalue weighted by Crippen LogP contribution is 2.26. The van der Waals surface area contributed by atoms with Gasteiger partial charge in [0.05, 0.1) is 19.8 Å². The summed E-state index contributed by atoms with van der Waals surface area (Å²) in [4.78, 5) is 17.9. The SMILES string of the molecule is CN(C)c1nc(N)c(C(=O)NC(CO)(CO)CO)s1. The Balaban J connectivity index is 2.95. The Morgan fingerprint density at radius 3 is 2.26 bits per heavy atom. The average Bonchev–Trinajstić information content (AvgIpc) is 2.78. The lowest BCUT2D eigenvalue weighted by Crippen LogP contribution is -2.57. The number of carbonyl (C=O) groups is 1. The smallest absolute Gasteiger partial charge is 0.265 e. The van der Waals surface area contributed by atoms with E-state index in [1.807, 2.05) is 0 Å². The number of thiazole rings is 1. The van der Waals surface area contributed by atoms with E-state index in [-0.39, 0.29) is 10.7 Å². The molecule has 6 N–H and O–H groups in total. The van der Waals surface area contributed by atoms with Gasteiger partial charge in [-0.15, -0.1) is 0 Å². The summed E-state index contributed by atoms with van der Waals surface area (Å²) in [5, 5.41) is 30.4. The number of nitrogens with two attached hydrogens (primary N) is 1. The molecule has 0 spiro atoms. The number of aromatic nitrogens is 1. The third-order valence-electron chi connectivity index (χ3n) is 2.52. The van der Waals surface area contributed by atoms with Gasteiger partial charge in [-0.3, -0.25) is 4.79 Å². The Labute approximate surface area is 114 Å². The molecule has 1 heterocycles. The predicted octanol–water partition coefficient (Wildman–Crippen LogP) is -1.76. The molecule has 1 amide bonds. The fraction of sp³-hybridized carbons (Fsp3) is 0.600. The largest absolute Gasteiger partial charge is 0.394 e. The quantitative estimate of drug-likeness (QED) is 0.419. The van der Waals surface area contributed by atoms with Crippen molar-refractivity contribution in [1.29, 1.82) is 0 Å². The van der Waals surface area contributed by atoms with Crippen LogP contribution < -0.4 is 16.0 Å². The predicted molar refractivity (Wildman–Crippen MR) is 72.3 cm³/mol. The second-order valence-corrected chi connectivity index (χ2v) is 5.29. The van der Waals surface area contributed by atoms with Gasteiger partial charge in [0.2, 0.25) is 0 Å². The van der Waals surface area contributed by atoms with Crippen LogP contribution in [-0.2, 0) is 0 Å². The molecule has 108 valence electrons. The number of nitrogens with zero attached hydrogens (tertiary/aromatic N) is 2. The first-order chi connectivity index (χ1) is 8.89. The molecule has 9 heteroatoms. The van der Waals surface area contributed by atoms with Gasteiger partial charge in [0.1, 0.15) is 16.2 Å². The van der Waals surface area contributed by atoms with Gasteiger partial charge in [-0.05, 0) is 0 Å². The van der Waals surface area contributed by atoms with Crippen molar-refractivity contribution in [1.82, 2.24) is 10.3 Å². The van der Waals surface area contributed by atoms with Crippen LogP contribution in [0, 0.1) is 0 Å². The van der Waals surface area contributed by atoms with E-state index in [1.165, 1.54) is 0 Å². The molecule has 0 saturated heterocycles. The summed E-state index contributed by atoms with van der Waals surface area (Å²) in [6.45, 7) is -1.78. The highest BCUT2D eigenvalue weighted by molar-refractivity contribution is 7.18. The number of aliphatic hydroxyl groups excluding tert-OH is 3. The van der Waals surface area contributed by atoms with Gasteiger partial charge in [-0.2, -0.15) is 0 Å². The standard InChI is InChI=1S/C10H18N4O4S/c1-14(2)9-12-7(11)6(19-9)8(18)13-10(3-15,4-16)5-17/h15-17H,3-5,11H2,1-2H3,(H,13,18). The molecule has 0 atom stereocenters. The Morgan fingerprint density at radius 1 is 1.37 bits per heavy atom. The number of hydrogen-bond donors (Lipinski definition) is 5. The first-order valence-electron chi connectivity index (χ1n) is 5.48. The third-order valence-corrected chi connectivity index (χ3v) is 3.76. The highest BCUT2D eigenvalue weighted by atomic mass is 32.1. The number of carbonyl (C=O) groups excluding carboxylic acids is 1. The van der Waals surface area contributed by atoms with Crippen molar-refractivity contribution in [3.63, 3.8) is 0 Å². The second kappa shape index (κ2) is 6.15. The molecule has 0 saturated carbocycles. The summed E-state index contributed by atoms with van der Waals surface area (Å²) in [7, 11) is 3.53. The minimum atomic E-state index is -1.48. The fourth-order valence-corrected chi connectivity index (χ4v) is 2.04. The molecule has 1 rings (SSSR count). The van der Waals surface area contributed by atoms with Crippen LogP contribution in [0.5, 0.6) is 0 Å². The molecule has 0 aliphatic heterocycles. The molecule has 0 aliphatic rings. The Kier molecular flexibility index (Phi) is 5.06. The molecular weight excluding hydrogens is 272 g/mol. The number of amides is 1. The van der Waals surface area contributed by atoms with Gasteiger partial charge in [0.25, 0.3) is 5.91 Å². The van der Waals surface area contributed by atoms with E-state index in [2.05, 4.69) is 10.3 Å². The van der Waals surface area contributed by atoms with E-state index < -0.39 is 31.3 Å². The summed E-state index contributed by atoms with van der Waals surface area (Å²) in [5.74, 6) is -0.533. The van der Waals surface area contributed by atoms with Crippen molar-refractivity contribution in [2.45, 2.75) is 5.54 Å². The molecule has 0 unspecified atom stereocenters. The molecule has 1 aromatic heterocycles. The van der Waals surface area contributed by atoms with Gasteiger partial charge in [0, 0.05) is 14.1 Å². The summed E-state index contributed by atoms with van der Waals surface area (Å²) in [5.41, 5.74) is 4.17. The summed E-state index contributed by atoms with van der Waals surface area (Å²) >= 11 is 1.08. The first kappa shape index (κ1) is 15.6. The van der Waals surface area contributed by atoms with Gasteiger partial charge >= 0.3 is 0 Å². The molecule has 0 fully saturated rings. The van der Waals surface area contributed by atoms with E-state index >= 15 is 0 Å². The zero-order chi connectivity index (χ0) is 14.6. The van der Waals surface area contributed by atoms with Gasteiger partial charge in [-0.25, -0.2) is 4.98 Å². The van der Waals surface area contributed by atoms with Crippen LogP contribution in [-0.4, -0.2) is 65.7 Å². The van der Waals surface area contributed by atoms with Gasteiger partial charge in [-0.1, -0.05) is 11.3 Å². The minimum absolute atomic E-state index is 0.0638. The number of rotatable bonds is 6. The van der Waals surface area contributed by atoms with E-state index in [0.29, 0.717) is 5.13 Å². The normalized spacial score (nSPS) is 11.4. The number of hydrogen-bond acceptors (Lipinski definition) is 8. The Bertz CT molecular complexity index is 436. The van der Waals surface area contributed by atoms with Crippen molar-refractivity contribution in [3.05, 3.63) is 4.88 Å². The van der Waals surface area contributed by atoms with E-state index in [9.17, 15) is 4.79 Å². The third kappa shape index (κ3) is 3.32. The summed E-state index contributed by atoms with van der Waals surface area (Å²) in [6.07, 6.45) is 0. The number of aliphatic hydroxyl groups is 3. The molecule has 0 bridgehead atoms. The van der Waals surface area contributed by atoms with E-state index in [4.69, 9.17) is 21.1 Å². The monoisotopic (exact) mass is 290 g/mol. The van der Waals surface area contributed by atoms with Crippen molar-refractivity contribution >= 4 is 28.2 Å². The molecule has 19 heavy (non-hydrogen) atoms. The van der Waals surface area contributed by atoms with E-state index in [1.54, 1.807) is 19.0 Å². The molecule has 0 radical (unpaired) electrons. The van der Waals surface area contributed by atoms with Crippen LogP contribution in [0.4, 0.5) is 10.9 Å². The van der Waals surface area contributed by atoms with Crippen LogP contribution >= 0.6 is 11.3 Å². The number of nitrogen functional groups attached to an aromatic ring is 1. The van der Waals surface area contributed by atoms with Crippen LogP contribution in [0.3, 0.4) is 0 Å². The molecule has 0 aromatic carbocycles. The Morgan fingerprint density at radius 2 is 1.89 bits per heavy atom. The maximum absolute atomic E-state index is 12.0.